The first-order valence-corrected chi connectivity index (χ1v) is 5.67. The molecule has 1 saturated carbocycles. The summed E-state index contributed by atoms with van der Waals surface area (Å²) < 4.78 is 10.4. The normalized spacial score (nSPS) is 48.8. The minimum Gasteiger partial charge on any atom is -0.390 e. The molecule has 4 unspecified atom stereocenters. The summed E-state index contributed by atoms with van der Waals surface area (Å²) in [4.78, 5) is 0. The lowest BCUT2D eigenvalue weighted by Crippen LogP contribution is -2.44. The summed E-state index contributed by atoms with van der Waals surface area (Å²) in [5.41, 5.74) is -1.26. The average Bonchev–Trinajstić information content (AvgIpc) is 2.75. The van der Waals surface area contributed by atoms with E-state index in [1.807, 2.05) is 0 Å². The summed E-state index contributed by atoms with van der Waals surface area (Å²) in [6, 6.07) is 0. The Morgan fingerprint density at radius 3 is 2.87 bits per heavy atom. The van der Waals surface area contributed by atoms with Crippen molar-refractivity contribution < 1.29 is 24.8 Å². The van der Waals surface area contributed by atoms with Gasteiger partial charge in [-0.15, -0.1) is 0 Å². The quantitative estimate of drug-likeness (QED) is 0.363. The van der Waals surface area contributed by atoms with E-state index >= 15 is 0 Å². The Kier molecular flexibility index (Phi) is 3.25. The first-order valence-electron chi connectivity index (χ1n) is 5.04. The van der Waals surface area contributed by atoms with Crippen molar-refractivity contribution in [2.75, 3.05) is 19.0 Å². The third kappa shape index (κ3) is 1.90. The Morgan fingerprint density at radius 1 is 1.47 bits per heavy atom. The lowest BCUT2D eigenvalue weighted by atomic mass is 10.1. The van der Waals surface area contributed by atoms with Crippen LogP contribution in [0.5, 0.6) is 0 Å². The van der Waals surface area contributed by atoms with Crippen LogP contribution in [0.1, 0.15) is 6.42 Å². The highest BCUT2D eigenvalue weighted by Gasteiger charge is 2.71. The highest BCUT2D eigenvalue weighted by Crippen LogP contribution is 2.50. The van der Waals surface area contributed by atoms with E-state index in [2.05, 4.69) is 12.6 Å². The number of aliphatic hydroxyl groups excluding tert-OH is 2. The predicted octanol–water partition coefficient (Wildman–Crippen LogP) is -1.24. The molecule has 3 N–H and O–H groups in total. The van der Waals surface area contributed by atoms with Crippen molar-refractivity contribution in [3.05, 3.63) is 0 Å². The number of ether oxygens (including phenoxy) is 2. The minimum atomic E-state index is -1.26. The molecule has 1 aliphatic carbocycles. The van der Waals surface area contributed by atoms with E-state index in [9.17, 15) is 15.3 Å². The van der Waals surface area contributed by atoms with Crippen molar-refractivity contribution >= 4 is 12.6 Å². The summed E-state index contributed by atoms with van der Waals surface area (Å²) in [7, 11) is 0. The van der Waals surface area contributed by atoms with Crippen LogP contribution in [0.2, 0.25) is 0 Å². The zero-order chi connectivity index (χ0) is 11.1. The molecule has 1 heterocycles. The van der Waals surface area contributed by atoms with Crippen molar-refractivity contribution in [2.45, 2.75) is 30.5 Å². The van der Waals surface area contributed by atoms with E-state index in [1.54, 1.807) is 0 Å². The Balaban J connectivity index is 1.84. The molecule has 0 aromatic rings. The van der Waals surface area contributed by atoms with E-state index in [1.165, 1.54) is 0 Å². The van der Waals surface area contributed by atoms with Gasteiger partial charge >= 0.3 is 0 Å². The fourth-order valence-electron chi connectivity index (χ4n) is 1.99. The van der Waals surface area contributed by atoms with Gasteiger partial charge in [-0.2, -0.15) is 12.6 Å². The molecular weight excluding hydrogens is 220 g/mol. The number of aliphatic hydroxyl groups is 3. The molecule has 0 bridgehead atoms. The Hall–Kier alpha value is 0.150. The van der Waals surface area contributed by atoms with Crippen LogP contribution < -0.4 is 0 Å². The summed E-state index contributed by atoms with van der Waals surface area (Å²) in [6.07, 6.45) is -1.83. The lowest BCUT2D eigenvalue weighted by molar-refractivity contribution is -0.238. The van der Waals surface area contributed by atoms with E-state index in [4.69, 9.17) is 9.47 Å². The number of rotatable bonds is 4. The Bertz CT molecular complexity index is 239. The van der Waals surface area contributed by atoms with Gasteiger partial charge in [0.15, 0.2) is 6.29 Å². The molecule has 88 valence electrons. The molecule has 2 aliphatic rings. The number of hydrogen-bond donors (Lipinski definition) is 4. The maximum Gasteiger partial charge on any atom is 0.184 e. The van der Waals surface area contributed by atoms with Crippen LogP contribution in [0.15, 0.2) is 0 Å². The summed E-state index contributed by atoms with van der Waals surface area (Å²) in [5, 5.41) is 28.8. The highest BCUT2D eigenvalue weighted by atomic mass is 32.1. The van der Waals surface area contributed by atoms with Gasteiger partial charge < -0.3 is 24.8 Å². The van der Waals surface area contributed by atoms with Crippen molar-refractivity contribution in [3.8, 4) is 0 Å². The second kappa shape index (κ2) is 4.20. The van der Waals surface area contributed by atoms with Gasteiger partial charge in [-0.25, -0.2) is 0 Å². The van der Waals surface area contributed by atoms with Crippen molar-refractivity contribution in [1.82, 2.24) is 0 Å². The first kappa shape index (κ1) is 11.6. The molecule has 0 amide bonds. The van der Waals surface area contributed by atoms with Gasteiger partial charge in [-0.1, -0.05) is 0 Å². The van der Waals surface area contributed by atoms with E-state index < -0.39 is 30.0 Å². The molecular formula is C9H16O5S. The first-order chi connectivity index (χ1) is 7.11. The van der Waals surface area contributed by atoms with Crippen LogP contribution in [-0.2, 0) is 9.47 Å². The van der Waals surface area contributed by atoms with E-state index in [0.29, 0.717) is 12.4 Å². The average molecular weight is 236 g/mol. The minimum absolute atomic E-state index is 0.0153. The van der Waals surface area contributed by atoms with Crippen molar-refractivity contribution in [3.63, 3.8) is 0 Å². The summed E-state index contributed by atoms with van der Waals surface area (Å²) >= 11 is 4.03. The van der Waals surface area contributed by atoms with Gasteiger partial charge in [-0.3, -0.25) is 0 Å². The zero-order valence-electron chi connectivity index (χ0n) is 8.24. The maximum atomic E-state index is 9.72. The number of hydrogen-bond acceptors (Lipinski definition) is 6. The van der Waals surface area contributed by atoms with E-state index in [0.717, 1.165) is 6.42 Å². The Labute approximate surface area is 93.4 Å². The summed E-state index contributed by atoms with van der Waals surface area (Å²) in [6.45, 7) is 0.466. The molecule has 0 aromatic heterocycles. The standard InChI is InChI=1S/C9H16O5S/c10-6-5-7(11)9(5,12)4-14-8(6)13-2-1-3-15/h5-8,10-12,15H,1-4H2/t5?,6?,7?,8-,9?/m1/s1. The molecule has 1 saturated heterocycles. The topological polar surface area (TPSA) is 79.2 Å². The third-order valence-corrected chi connectivity index (χ3v) is 3.35. The van der Waals surface area contributed by atoms with Crippen LogP contribution in [0.25, 0.3) is 0 Å². The highest BCUT2D eigenvalue weighted by molar-refractivity contribution is 7.80. The van der Waals surface area contributed by atoms with Crippen LogP contribution in [0.3, 0.4) is 0 Å². The third-order valence-electron chi connectivity index (χ3n) is 3.03. The summed E-state index contributed by atoms with van der Waals surface area (Å²) in [5.74, 6) is 0.172. The second-order valence-corrected chi connectivity index (χ2v) is 4.53. The van der Waals surface area contributed by atoms with E-state index in [-0.39, 0.29) is 6.61 Å². The van der Waals surface area contributed by atoms with Gasteiger partial charge in [0.1, 0.15) is 11.7 Å². The molecule has 15 heavy (non-hydrogen) atoms. The van der Waals surface area contributed by atoms with Crippen LogP contribution in [-0.4, -0.2) is 58.4 Å². The van der Waals surface area contributed by atoms with Crippen LogP contribution >= 0.6 is 12.6 Å². The molecule has 0 aromatic carbocycles. The molecule has 0 radical (unpaired) electrons. The van der Waals surface area contributed by atoms with Gasteiger partial charge in [-0.05, 0) is 12.2 Å². The molecule has 0 spiro atoms. The van der Waals surface area contributed by atoms with Crippen molar-refractivity contribution in [1.29, 1.82) is 0 Å². The predicted molar refractivity (Wildman–Crippen MR) is 54.6 cm³/mol. The monoisotopic (exact) mass is 236 g/mol. The largest absolute Gasteiger partial charge is 0.390 e. The molecule has 1 aliphatic heterocycles. The van der Waals surface area contributed by atoms with Gasteiger partial charge in [0, 0.05) is 0 Å². The van der Waals surface area contributed by atoms with Gasteiger partial charge in [0.05, 0.1) is 25.2 Å². The van der Waals surface area contributed by atoms with Crippen LogP contribution in [0.4, 0.5) is 0 Å². The molecule has 6 heteroatoms. The van der Waals surface area contributed by atoms with Crippen molar-refractivity contribution in [2.24, 2.45) is 5.92 Å². The maximum absolute atomic E-state index is 9.72. The SMILES string of the molecule is OC1C2C(O)C2(O)CO[C@H]1OCCCS. The zero-order valence-corrected chi connectivity index (χ0v) is 9.14. The lowest BCUT2D eigenvalue weighted by Gasteiger charge is -2.29. The smallest absolute Gasteiger partial charge is 0.184 e. The number of thiol groups is 1. The molecule has 2 rings (SSSR count). The Morgan fingerprint density at radius 2 is 2.20 bits per heavy atom. The van der Waals surface area contributed by atoms with Gasteiger partial charge in [0.2, 0.25) is 0 Å². The molecule has 5 nitrogen and oxygen atoms in total. The van der Waals surface area contributed by atoms with Gasteiger partial charge in [0.25, 0.3) is 0 Å². The van der Waals surface area contributed by atoms with Crippen LogP contribution in [0, 0.1) is 5.92 Å². The molecule has 2 fully saturated rings. The fourth-order valence-corrected chi connectivity index (χ4v) is 2.12. The fraction of sp³-hybridized carbons (Fsp3) is 1.00. The second-order valence-electron chi connectivity index (χ2n) is 4.08. The molecule has 5 atom stereocenters. The number of fused-ring (bicyclic) bond motifs is 1.